The highest BCUT2D eigenvalue weighted by atomic mass is 19.4. The minimum Gasteiger partial charge on any atom is -0.497 e. The second kappa shape index (κ2) is 10.2. The van der Waals surface area contributed by atoms with E-state index in [1.54, 1.807) is 42.1 Å². The third kappa shape index (κ3) is 5.73. The van der Waals surface area contributed by atoms with Gasteiger partial charge in [0.05, 0.1) is 31.2 Å². The highest BCUT2D eigenvalue weighted by Crippen LogP contribution is 2.35. The summed E-state index contributed by atoms with van der Waals surface area (Å²) >= 11 is 0. The smallest absolute Gasteiger partial charge is 0.416 e. The number of methoxy groups -OCH3 is 2. The lowest BCUT2D eigenvalue weighted by Gasteiger charge is -2.32. The molecule has 0 unspecified atom stereocenters. The van der Waals surface area contributed by atoms with Gasteiger partial charge in [0.15, 0.2) is 0 Å². The molecule has 7 nitrogen and oxygen atoms in total. The zero-order chi connectivity index (χ0) is 25.0. The van der Waals surface area contributed by atoms with Gasteiger partial charge in [-0.05, 0) is 43.2 Å². The molecule has 0 atom stereocenters. The second-order valence-electron chi connectivity index (χ2n) is 8.28. The molecule has 1 fully saturated rings. The van der Waals surface area contributed by atoms with Crippen LogP contribution in [0.1, 0.15) is 28.8 Å². The van der Waals surface area contributed by atoms with Crippen LogP contribution in [0.3, 0.4) is 0 Å². The first-order chi connectivity index (χ1) is 16.0. The molecule has 0 spiro atoms. The minimum atomic E-state index is -4.52. The monoisotopic (exact) mass is 479 g/mol. The summed E-state index contributed by atoms with van der Waals surface area (Å²) in [5, 5.41) is 2.66. The van der Waals surface area contributed by atoms with Gasteiger partial charge in [0, 0.05) is 44.7 Å². The van der Waals surface area contributed by atoms with Gasteiger partial charge in [-0.1, -0.05) is 0 Å². The highest BCUT2D eigenvalue weighted by molar-refractivity contribution is 5.97. The molecular formula is C24H28F3N3O4. The summed E-state index contributed by atoms with van der Waals surface area (Å²) in [6, 6.07) is 8.19. The lowest BCUT2D eigenvalue weighted by atomic mass is 9.95. The average molecular weight is 479 g/mol. The molecule has 0 aromatic heterocycles. The number of alkyl halides is 3. The number of halogens is 3. The first kappa shape index (κ1) is 25.2. The van der Waals surface area contributed by atoms with Crippen LogP contribution < -0.4 is 19.7 Å². The normalized spacial score (nSPS) is 14.5. The van der Waals surface area contributed by atoms with Gasteiger partial charge < -0.3 is 24.6 Å². The third-order valence-electron chi connectivity index (χ3n) is 5.81. The van der Waals surface area contributed by atoms with E-state index in [0.29, 0.717) is 48.7 Å². The van der Waals surface area contributed by atoms with Crippen LogP contribution in [0, 0.1) is 5.92 Å². The summed E-state index contributed by atoms with van der Waals surface area (Å²) in [4.78, 5) is 29.1. The number of anilines is 2. The van der Waals surface area contributed by atoms with Gasteiger partial charge in [-0.3, -0.25) is 9.59 Å². The van der Waals surface area contributed by atoms with Crippen molar-refractivity contribution in [1.82, 2.24) is 4.90 Å². The van der Waals surface area contributed by atoms with Crippen LogP contribution in [0.4, 0.5) is 24.5 Å². The quantitative estimate of drug-likeness (QED) is 0.670. The topological polar surface area (TPSA) is 71.1 Å². The Morgan fingerprint density at radius 3 is 2.09 bits per heavy atom. The summed E-state index contributed by atoms with van der Waals surface area (Å²) < 4.78 is 49.9. The predicted octanol–water partition coefficient (Wildman–Crippen LogP) is 4.28. The van der Waals surface area contributed by atoms with E-state index in [0.717, 1.165) is 12.1 Å². The molecule has 34 heavy (non-hydrogen) atoms. The Balaban J connectivity index is 1.68. The first-order valence-electron chi connectivity index (χ1n) is 10.7. The molecule has 1 aliphatic heterocycles. The number of nitrogens with one attached hydrogen (secondary N) is 1. The van der Waals surface area contributed by atoms with Gasteiger partial charge in [0.25, 0.3) is 5.91 Å². The first-order valence-corrected chi connectivity index (χ1v) is 10.7. The molecule has 0 saturated carbocycles. The Morgan fingerprint density at radius 1 is 1.00 bits per heavy atom. The zero-order valence-electron chi connectivity index (χ0n) is 19.5. The van der Waals surface area contributed by atoms with E-state index in [4.69, 9.17) is 9.47 Å². The Hall–Kier alpha value is -3.43. The molecule has 0 bridgehead atoms. The molecule has 1 heterocycles. The molecule has 1 aliphatic rings. The number of hydrogen-bond acceptors (Lipinski definition) is 5. The molecule has 184 valence electrons. The van der Waals surface area contributed by atoms with Crippen LogP contribution in [-0.2, 0) is 11.0 Å². The summed E-state index contributed by atoms with van der Waals surface area (Å²) in [5.74, 6) is -0.000603. The van der Waals surface area contributed by atoms with Gasteiger partial charge in [-0.25, -0.2) is 0 Å². The Kier molecular flexibility index (Phi) is 7.58. The van der Waals surface area contributed by atoms with Crippen molar-refractivity contribution < 1.29 is 32.2 Å². The van der Waals surface area contributed by atoms with E-state index < -0.39 is 17.7 Å². The maximum absolute atomic E-state index is 13.2. The zero-order valence-corrected chi connectivity index (χ0v) is 19.5. The lowest BCUT2D eigenvalue weighted by molar-refractivity contribution is -0.137. The maximum atomic E-state index is 13.2. The third-order valence-corrected chi connectivity index (χ3v) is 5.81. The van der Waals surface area contributed by atoms with E-state index >= 15 is 0 Å². The van der Waals surface area contributed by atoms with Crippen molar-refractivity contribution in [2.75, 3.05) is 51.6 Å². The highest BCUT2D eigenvalue weighted by Gasteiger charge is 2.32. The summed E-state index contributed by atoms with van der Waals surface area (Å²) in [6.07, 6.45) is -3.72. The fraction of sp³-hybridized carbons (Fsp3) is 0.417. The Morgan fingerprint density at radius 2 is 1.59 bits per heavy atom. The van der Waals surface area contributed by atoms with Crippen LogP contribution in [0.5, 0.6) is 11.5 Å². The van der Waals surface area contributed by atoms with Crippen LogP contribution >= 0.6 is 0 Å². The number of hydrogen-bond donors (Lipinski definition) is 1. The lowest BCUT2D eigenvalue weighted by Crippen LogP contribution is -2.41. The van der Waals surface area contributed by atoms with E-state index in [2.05, 4.69) is 5.32 Å². The second-order valence-corrected chi connectivity index (χ2v) is 8.28. The van der Waals surface area contributed by atoms with E-state index in [1.165, 1.54) is 20.3 Å². The molecule has 0 aliphatic carbocycles. The van der Waals surface area contributed by atoms with Crippen molar-refractivity contribution in [3.8, 4) is 11.5 Å². The summed E-state index contributed by atoms with van der Waals surface area (Å²) in [5.41, 5.74) is 0.161. The van der Waals surface area contributed by atoms with E-state index in [1.807, 2.05) is 0 Å². The molecule has 3 rings (SSSR count). The average Bonchev–Trinajstić information content (AvgIpc) is 2.82. The number of carbonyl (C=O) groups excluding carboxylic acids is 2. The van der Waals surface area contributed by atoms with Crippen molar-refractivity contribution in [2.24, 2.45) is 5.92 Å². The summed E-state index contributed by atoms with van der Waals surface area (Å²) in [6.45, 7) is 0.694. The van der Waals surface area contributed by atoms with Crippen molar-refractivity contribution in [1.29, 1.82) is 0 Å². The van der Waals surface area contributed by atoms with Crippen LogP contribution in [0.2, 0.25) is 0 Å². The Labute approximate surface area is 196 Å². The number of nitrogens with zero attached hydrogens (tertiary/aromatic N) is 2. The molecular weight excluding hydrogens is 451 g/mol. The molecule has 10 heteroatoms. The minimum absolute atomic E-state index is 0.104. The summed E-state index contributed by atoms with van der Waals surface area (Å²) in [7, 11) is 6.38. The van der Waals surface area contributed by atoms with Crippen molar-refractivity contribution in [3.63, 3.8) is 0 Å². The fourth-order valence-corrected chi connectivity index (χ4v) is 3.90. The Bertz CT molecular complexity index is 1030. The predicted molar refractivity (Wildman–Crippen MR) is 123 cm³/mol. The number of benzene rings is 2. The molecule has 0 radical (unpaired) electrons. The maximum Gasteiger partial charge on any atom is 0.416 e. The molecule has 2 amide bonds. The van der Waals surface area contributed by atoms with E-state index in [-0.39, 0.29) is 17.5 Å². The number of piperidine rings is 1. The molecule has 1 saturated heterocycles. The van der Waals surface area contributed by atoms with Gasteiger partial charge in [-0.2, -0.15) is 13.2 Å². The fourth-order valence-electron chi connectivity index (χ4n) is 3.90. The van der Waals surface area contributed by atoms with Crippen LogP contribution in [0.15, 0.2) is 36.4 Å². The van der Waals surface area contributed by atoms with E-state index in [9.17, 15) is 22.8 Å². The van der Waals surface area contributed by atoms with Crippen molar-refractivity contribution >= 4 is 23.2 Å². The van der Waals surface area contributed by atoms with Gasteiger partial charge >= 0.3 is 6.18 Å². The SMILES string of the molecule is COc1cc(OC)cc(C(=O)N2CCC(C(=O)Nc3cc(C(F)(F)F)ccc3N(C)C)CC2)c1. The van der Waals surface area contributed by atoms with Crippen LogP contribution in [0.25, 0.3) is 0 Å². The number of amides is 2. The van der Waals surface area contributed by atoms with Gasteiger partial charge in [0.1, 0.15) is 11.5 Å². The van der Waals surface area contributed by atoms with Gasteiger partial charge in [-0.15, -0.1) is 0 Å². The van der Waals surface area contributed by atoms with Crippen molar-refractivity contribution in [2.45, 2.75) is 19.0 Å². The number of ether oxygens (including phenoxy) is 2. The largest absolute Gasteiger partial charge is 0.497 e. The standard InChI is InChI=1S/C24H28F3N3O4/c1-29(2)21-6-5-17(24(25,26)27)13-20(21)28-22(31)15-7-9-30(10-8-15)23(32)16-11-18(33-3)14-19(12-16)34-4/h5-6,11-15H,7-10H2,1-4H3,(H,28,31). The number of rotatable bonds is 6. The number of likely N-dealkylation sites (tertiary alicyclic amines) is 1. The molecule has 1 N–H and O–H groups in total. The molecule has 2 aromatic rings. The van der Waals surface area contributed by atoms with Crippen molar-refractivity contribution in [3.05, 3.63) is 47.5 Å². The number of carbonyl (C=O) groups is 2. The van der Waals surface area contributed by atoms with Gasteiger partial charge in [0.2, 0.25) is 5.91 Å². The molecule has 2 aromatic carbocycles. The van der Waals surface area contributed by atoms with Crippen LogP contribution in [-0.4, -0.2) is 58.1 Å².